The number of nitrogens with zero attached hydrogens (tertiary/aromatic N) is 3. The second-order valence-electron chi connectivity index (χ2n) is 3.63. The Bertz CT molecular complexity index is 579. The highest BCUT2D eigenvalue weighted by molar-refractivity contribution is 7.80. The number of aryl methyl sites for hydroxylation is 2. The molecule has 5 nitrogen and oxygen atoms in total. The van der Waals surface area contributed by atoms with Crippen molar-refractivity contribution in [3.8, 4) is 0 Å². The molecule has 2 aromatic rings. The summed E-state index contributed by atoms with van der Waals surface area (Å²) < 4.78 is 0. The molecule has 0 aliphatic carbocycles. The summed E-state index contributed by atoms with van der Waals surface area (Å²) in [5.74, 6) is 0.455. The first-order valence-corrected chi connectivity index (χ1v) is 6.68. The van der Waals surface area contributed by atoms with Gasteiger partial charge in [-0.05, 0) is 19.4 Å². The number of anilines is 2. The van der Waals surface area contributed by atoms with Crippen LogP contribution in [0.3, 0.4) is 0 Å². The minimum absolute atomic E-state index is 0.255. The molecule has 7 heteroatoms. The fraction of sp³-hybridized carbons (Fsp3) is 0.273. The molecule has 0 amide bonds. The van der Waals surface area contributed by atoms with Gasteiger partial charge in [0.05, 0.1) is 5.69 Å². The van der Waals surface area contributed by atoms with Gasteiger partial charge >= 0.3 is 0 Å². The molecule has 0 aliphatic heterocycles. The van der Waals surface area contributed by atoms with Crippen LogP contribution in [0.25, 0.3) is 0 Å². The van der Waals surface area contributed by atoms with Crippen LogP contribution in [0.5, 0.6) is 0 Å². The average Bonchev–Trinajstić information content (AvgIpc) is 2.69. The fourth-order valence-electron chi connectivity index (χ4n) is 1.46. The van der Waals surface area contributed by atoms with Gasteiger partial charge < -0.3 is 11.1 Å². The van der Waals surface area contributed by atoms with E-state index in [0.29, 0.717) is 11.6 Å². The Morgan fingerprint density at radius 2 is 2.28 bits per heavy atom. The molecule has 0 unspecified atom stereocenters. The van der Waals surface area contributed by atoms with E-state index in [-0.39, 0.29) is 4.99 Å². The molecule has 2 rings (SSSR count). The molecule has 3 N–H and O–H groups in total. The van der Waals surface area contributed by atoms with Crippen LogP contribution in [0.15, 0.2) is 12.3 Å². The molecule has 0 radical (unpaired) electrons. The summed E-state index contributed by atoms with van der Waals surface area (Å²) in [6.45, 7) is 4.13. The van der Waals surface area contributed by atoms with E-state index in [4.69, 9.17) is 18.0 Å². The number of nitrogens with one attached hydrogen (secondary N) is 1. The SMILES string of the molecule is CCc1nc(Nc2nccc(C(N)=S)n2)sc1C. The van der Waals surface area contributed by atoms with Crippen molar-refractivity contribution in [2.24, 2.45) is 5.73 Å². The lowest BCUT2D eigenvalue weighted by atomic mass is 10.3. The van der Waals surface area contributed by atoms with Crippen LogP contribution in [-0.2, 0) is 6.42 Å². The maximum Gasteiger partial charge on any atom is 0.229 e. The second-order valence-corrected chi connectivity index (χ2v) is 5.27. The van der Waals surface area contributed by atoms with E-state index < -0.39 is 0 Å². The van der Waals surface area contributed by atoms with Crippen LogP contribution in [0.4, 0.5) is 11.1 Å². The predicted octanol–water partition coefficient (Wildman–Crippen LogP) is 2.18. The van der Waals surface area contributed by atoms with Gasteiger partial charge in [-0.1, -0.05) is 19.1 Å². The second kappa shape index (κ2) is 5.36. The summed E-state index contributed by atoms with van der Waals surface area (Å²) in [5.41, 5.74) is 7.16. The van der Waals surface area contributed by atoms with Crippen LogP contribution < -0.4 is 11.1 Å². The summed E-state index contributed by atoms with van der Waals surface area (Å²) in [5, 5.41) is 3.85. The Labute approximate surface area is 114 Å². The summed E-state index contributed by atoms with van der Waals surface area (Å²) in [6.07, 6.45) is 2.53. The zero-order valence-corrected chi connectivity index (χ0v) is 11.7. The number of nitrogens with two attached hydrogens (primary N) is 1. The van der Waals surface area contributed by atoms with Crippen molar-refractivity contribution >= 4 is 39.6 Å². The molecular formula is C11H13N5S2. The maximum absolute atomic E-state index is 5.53. The molecular weight excluding hydrogens is 266 g/mol. The molecule has 0 atom stereocenters. The molecule has 0 saturated carbocycles. The number of hydrogen-bond donors (Lipinski definition) is 2. The Kier molecular flexibility index (Phi) is 3.83. The van der Waals surface area contributed by atoms with E-state index in [1.807, 2.05) is 6.92 Å². The lowest BCUT2D eigenvalue weighted by Gasteiger charge is -2.02. The smallest absolute Gasteiger partial charge is 0.229 e. The van der Waals surface area contributed by atoms with Crippen molar-refractivity contribution in [2.75, 3.05) is 5.32 Å². The largest absolute Gasteiger partial charge is 0.388 e. The number of hydrogen-bond acceptors (Lipinski definition) is 6. The third kappa shape index (κ3) is 2.80. The van der Waals surface area contributed by atoms with E-state index >= 15 is 0 Å². The average molecular weight is 279 g/mol. The molecule has 0 bridgehead atoms. The summed E-state index contributed by atoms with van der Waals surface area (Å²) in [7, 11) is 0. The highest BCUT2D eigenvalue weighted by atomic mass is 32.1. The van der Waals surface area contributed by atoms with Gasteiger partial charge in [0, 0.05) is 11.1 Å². The quantitative estimate of drug-likeness (QED) is 0.835. The van der Waals surface area contributed by atoms with Crippen molar-refractivity contribution in [3.63, 3.8) is 0 Å². The van der Waals surface area contributed by atoms with E-state index in [1.165, 1.54) is 4.88 Å². The van der Waals surface area contributed by atoms with Gasteiger partial charge in [-0.3, -0.25) is 0 Å². The summed E-state index contributed by atoms with van der Waals surface area (Å²) >= 11 is 6.46. The highest BCUT2D eigenvalue weighted by Gasteiger charge is 2.08. The predicted molar refractivity (Wildman–Crippen MR) is 77.4 cm³/mol. The molecule has 94 valence electrons. The van der Waals surface area contributed by atoms with Crippen molar-refractivity contribution < 1.29 is 0 Å². The number of thiazole rings is 1. The Hall–Kier alpha value is -1.60. The van der Waals surface area contributed by atoms with E-state index in [1.54, 1.807) is 23.6 Å². The zero-order valence-electron chi connectivity index (χ0n) is 10.1. The molecule has 18 heavy (non-hydrogen) atoms. The zero-order chi connectivity index (χ0) is 13.1. The van der Waals surface area contributed by atoms with Crippen LogP contribution in [0, 0.1) is 6.92 Å². The third-order valence-electron chi connectivity index (χ3n) is 2.35. The maximum atomic E-state index is 5.53. The summed E-state index contributed by atoms with van der Waals surface area (Å²) in [6, 6.07) is 1.68. The van der Waals surface area contributed by atoms with Gasteiger partial charge in [-0.25, -0.2) is 15.0 Å². The molecule has 0 aromatic carbocycles. The normalized spacial score (nSPS) is 10.3. The molecule has 0 saturated heterocycles. The van der Waals surface area contributed by atoms with Gasteiger partial charge in [0.25, 0.3) is 0 Å². The first kappa shape index (κ1) is 12.8. The van der Waals surface area contributed by atoms with Crippen molar-refractivity contribution in [1.82, 2.24) is 15.0 Å². The first-order valence-electron chi connectivity index (χ1n) is 5.46. The van der Waals surface area contributed by atoms with Gasteiger partial charge in [0.15, 0.2) is 5.13 Å². The van der Waals surface area contributed by atoms with Gasteiger partial charge in [0.2, 0.25) is 5.95 Å². The Morgan fingerprint density at radius 1 is 1.50 bits per heavy atom. The molecule has 0 aliphatic rings. The van der Waals surface area contributed by atoms with Crippen LogP contribution >= 0.6 is 23.6 Å². The molecule has 0 fully saturated rings. The molecule has 2 aromatic heterocycles. The molecule has 0 spiro atoms. The van der Waals surface area contributed by atoms with Crippen LogP contribution in [-0.4, -0.2) is 19.9 Å². The van der Waals surface area contributed by atoms with E-state index in [9.17, 15) is 0 Å². The van der Waals surface area contributed by atoms with Gasteiger partial charge in [0.1, 0.15) is 10.7 Å². The number of thiocarbonyl (C=S) groups is 1. The van der Waals surface area contributed by atoms with E-state index in [0.717, 1.165) is 17.2 Å². The highest BCUT2D eigenvalue weighted by Crippen LogP contribution is 2.24. The fourth-order valence-corrected chi connectivity index (χ4v) is 2.47. The van der Waals surface area contributed by atoms with Crippen LogP contribution in [0.1, 0.15) is 23.2 Å². The third-order valence-corrected chi connectivity index (χ3v) is 3.49. The van der Waals surface area contributed by atoms with Gasteiger partial charge in [-0.15, -0.1) is 11.3 Å². The van der Waals surface area contributed by atoms with Crippen molar-refractivity contribution in [3.05, 3.63) is 28.5 Å². The Morgan fingerprint density at radius 3 is 2.89 bits per heavy atom. The number of rotatable bonds is 4. The van der Waals surface area contributed by atoms with E-state index in [2.05, 4.69) is 27.2 Å². The van der Waals surface area contributed by atoms with Gasteiger partial charge in [-0.2, -0.15) is 0 Å². The lowest BCUT2D eigenvalue weighted by molar-refractivity contribution is 1.04. The standard InChI is InChI=1S/C11H13N5S2/c1-3-7-6(2)18-11(15-7)16-10-13-5-4-8(14-10)9(12)17/h4-5H,3H2,1-2H3,(H2,12,17)(H,13,14,15,16). The number of aromatic nitrogens is 3. The van der Waals surface area contributed by atoms with Crippen LogP contribution in [0.2, 0.25) is 0 Å². The topological polar surface area (TPSA) is 76.7 Å². The Balaban J connectivity index is 2.22. The van der Waals surface area contributed by atoms with Crippen molar-refractivity contribution in [2.45, 2.75) is 20.3 Å². The van der Waals surface area contributed by atoms with Crippen molar-refractivity contribution in [1.29, 1.82) is 0 Å². The summed E-state index contributed by atoms with van der Waals surface area (Å²) in [4.78, 5) is 14.2. The minimum Gasteiger partial charge on any atom is -0.388 e. The lowest BCUT2D eigenvalue weighted by Crippen LogP contribution is -2.12. The minimum atomic E-state index is 0.255. The first-order chi connectivity index (χ1) is 8.60. The monoisotopic (exact) mass is 279 g/mol. The molecule has 2 heterocycles.